The van der Waals surface area contributed by atoms with Gasteiger partial charge in [-0.1, -0.05) is 186 Å². The standard InChI is InChI=1S/C77H79N4O.Pt/c1-50-40-56(75(8,9)10)31-33-60(50)53-26-28-54(29-27-53)63-41-52(48-74(5,6)7)42-64(55-30-35-65-66(44-55)77(13,14)38-37-76(65,11)12)72(63)80-49-79(68-24-17-18-25-69(68)80)57-20-19-21-58(45-57)82-59-32-34-62-61-22-15-16-23-67(61)81(70(62)46-59)71-43-51(36-39-78-71)47-73(2,3)4;/h15-36,39-44,49H,37-38,47-48H2,1-14H3;/q-3;/i1D3,11D3,12D3,13D3,14D3,15D,16D,22D,23D,26D,27D,28D,29D,30D,31D,33D,35D,37D2,38D2,40D,44D,47D2;. The monoisotopic (exact) mass is 1310 g/mol. The molecule has 0 amide bonds. The van der Waals surface area contributed by atoms with E-state index in [4.69, 9.17) is 23.9 Å². The van der Waals surface area contributed by atoms with E-state index in [0.717, 1.165) is 0 Å². The van der Waals surface area contributed by atoms with E-state index in [0.29, 0.717) is 0 Å². The molecule has 0 saturated heterocycles. The molecule has 0 fully saturated rings. The van der Waals surface area contributed by atoms with E-state index in [1.807, 2.05) is 0 Å². The van der Waals surface area contributed by atoms with Crippen LogP contribution in [0.25, 0.3) is 61.0 Å². The number of hydrogen-bond acceptors (Lipinski definition) is 4. The Morgan fingerprint density at radius 3 is 2.02 bits per heavy atom. The van der Waals surface area contributed by atoms with Crippen molar-refractivity contribution in [1.82, 2.24) is 9.55 Å². The SMILES string of the molecule is [2H]c1c([2H])c(-c2c([2H])c([2H])c(C(C)(C)C)c([2H])c2C([2H])([2H])[2H])c([2H])c([2H])c1-c1cc(CC(C)(C)C)cc(-c2c([2H])c([2H])c3c(c2[2H])C(C([2H])([2H])[2H])(C([2H])([2H])[2H])C([2H])([2H])C([2H])([2H])C3(C([2H])([2H])[2H])C([2H])([2H])[2H])c1N1[CH-]N(c2[c-]c(Oc3[c-]c4c(cc3)c3c([2H])c([2H])c([2H])c([2H])c3n4-c3cc(C([2H])([2H])C(C)(C)C)ccn3)ccc2)c2ccccc21.[Pt]. The van der Waals surface area contributed by atoms with E-state index in [-0.39, 0.29) is 100 Å². The number of hydrogen-bond donors (Lipinski definition) is 0. The average molecular weight is 1310 g/mol. The molecule has 12 rings (SSSR count). The smallest absolute Gasteiger partial charge is 0.135 e. The Morgan fingerprint density at radius 1 is 0.651 bits per heavy atom. The first-order valence-electron chi connectivity index (χ1n) is 44.0. The van der Waals surface area contributed by atoms with E-state index < -0.39 is 221 Å². The van der Waals surface area contributed by atoms with Crippen LogP contribution in [0.5, 0.6) is 11.5 Å². The molecule has 0 bridgehead atoms. The predicted molar refractivity (Wildman–Crippen MR) is 346 cm³/mol. The van der Waals surface area contributed by atoms with E-state index >= 15 is 0 Å². The fourth-order valence-corrected chi connectivity index (χ4v) is 10.2. The fourth-order valence-electron chi connectivity index (χ4n) is 10.2. The molecule has 83 heavy (non-hydrogen) atoms. The number of para-hydroxylation sites is 3. The van der Waals surface area contributed by atoms with E-state index in [1.165, 1.54) is 81.8 Å². The van der Waals surface area contributed by atoms with Gasteiger partial charge in [0, 0.05) is 101 Å². The number of rotatable bonds is 10. The van der Waals surface area contributed by atoms with Crippen LogP contribution in [-0.2, 0) is 50.1 Å². The summed E-state index contributed by atoms with van der Waals surface area (Å²) >= 11 is 0. The summed E-state index contributed by atoms with van der Waals surface area (Å²) in [7, 11) is 0. The van der Waals surface area contributed by atoms with Crippen molar-refractivity contribution in [2.24, 2.45) is 10.8 Å². The number of anilines is 4. The molecule has 10 aromatic rings. The second kappa shape index (κ2) is 21.5. The van der Waals surface area contributed by atoms with Crippen molar-refractivity contribution in [3.8, 4) is 50.7 Å². The van der Waals surface area contributed by atoms with Gasteiger partial charge in [-0.3, -0.25) is 0 Å². The minimum Gasteiger partial charge on any atom is -0.509 e. The summed E-state index contributed by atoms with van der Waals surface area (Å²) in [6.07, 6.45) is -10.2. The number of aromatic nitrogens is 2. The van der Waals surface area contributed by atoms with Crippen LogP contribution < -0.4 is 14.5 Å². The molecular formula is C77H79N4OPt-3. The van der Waals surface area contributed by atoms with Gasteiger partial charge in [0.1, 0.15) is 5.82 Å². The topological polar surface area (TPSA) is 33.5 Å². The summed E-state index contributed by atoms with van der Waals surface area (Å²) in [6.45, 7) is -4.71. The molecule has 1 aliphatic heterocycles. The molecule has 0 N–H and O–H groups in total. The largest absolute Gasteiger partial charge is 0.509 e. The summed E-state index contributed by atoms with van der Waals surface area (Å²) in [4.78, 5) is 7.38. The molecule has 8 aromatic carbocycles. The number of nitrogens with zero attached hydrogens (tertiary/aromatic N) is 4. The van der Waals surface area contributed by atoms with Gasteiger partial charge in [0.15, 0.2) is 0 Å². The summed E-state index contributed by atoms with van der Waals surface area (Å²) in [5, 5.41) is 0.352. The molecule has 0 atom stereocenters. The molecular weight excluding hydrogens is 1190 g/mol. The summed E-state index contributed by atoms with van der Waals surface area (Å²) in [6, 6.07) is 12.7. The zero-order valence-corrected chi connectivity index (χ0v) is 49.2. The maximum absolute atomic E-state index is 10.6. The molecule has 0 spiro atoms. The van der Waals surface area contributed by atoms with Gasteiger partial charge in [-0.25, -0.2) is 4.98 Å². The molecule has 0 saturated carbocycles. The predicted octanol–water partition coefficient (Wildman–Crippen LogP) is 21.1. The summed E-state index contributed by atoms with van der Waals surface area (Å²) in [5.41, 5.74) is -21.0. The number of fused-ring (bicyclic) bond motifs is 5. The van der Waals surface area contributed by atoms with Gasteiger partial charge in [0.25, 0.3) is 0 Å². The molecule has 3 heterocycles. The van der Waals surface area contributed by atoms with Crippen LogP contribution in [0.1, 0.15) is 184 Å². The third kappa shape index (κ3) is 11.4. The number of ether oxygens (including phenoxy) is 1. The van der Waals surface area contributed by atoms with Crippen molar-refractivity contribution in [1.29, 1.82) is 0 Å². The molecule has 5 nitrogen and oxygen atoms in total. The Bertz CT molecular complexity index is 5760. The van der Waals surface area contributed by atoms with Gasteiger partial charge in [0.05, 0.1) is 19.2 Å². The fraction of sp³-hybridized carbons (Fsp3) is 0.299. The molecule has 426 valence electrons. The number of benzene rings is 8. The first-order chi connectivity index (χ1) is 53.3. The minimum atomic E-state index is -4.75. The molecule has 0 unspecified atom stereocenters. The molecule has 1 aliphatic carbocycles. The number of pyridine rings is 1. The van der Waals surface area contributed by atoms with Crippen molar-refractivity contribution in [2.45, 2.75) is 138 Å². The average Bonchev–Trinajstić information content (AvgIpc) is 0.796. The maximum atomic E-state index is 10.6. The van der Waals surface area contributed by atoms with Gasteiger partial charge >= 0.3 is 0 Å². The van der Waals surface area contributed by atoms with Crippen LogP contribution in [0, 0.1) is 36.5 Å². The van der Waals surface area contributed by atoms with Crippen molar-refractivity contribution in [3.05, 3.63) is 222 Å². The van der Waals surface area contributed by atoms with E-state index in [2.05, 4.69) is 17.1 Å². The first-order valence-corrected chi connectivity index (χ1v) is 26.5. The first kappa shape index (κ1) is 29.1. The Kier molecular flexibility index (Phi) is 7.51. The Morgan fingerprint density at radius 2 is 1.33 bits per heavy atom. The van der Waals surface area contributed by atoms with Crippen LogP contribution >= 0.6 is 0 Å². The van der Waals surface area contributed by atoms with Crippen molar-refractivity contribution in [3.63, 3.8) is 0 Å². The van der Waals surface area contributed by atoms with Crippen LogP contribution in [0.15, 0.2) is 170 Å². The Labute approximate surface area is 558 Å². The molecule has 0 radical (unpaired) electrons. The van der Waals surface area contributed by atoms with Crippen LogP contribution in [0.4, 0.5) is 22.7 Å². The van der Waals surface area contributed by atoms with E-state index in [9.17, 15) is 28.8 Å². The normalized spacial score (nSPS) is 23.1. The second-order valence-electron chi connectivity index (χ2n) is 23.8. The minimum absolute atomic E-state index is 0. The van der Waals surface area contributed by atoms with Crippen molar-refractivity contribution >= 4 is 44.6 Å². The Balaban J connectivity index is 0.0000137. The summed E-state index contributed by atoms with van der Waals surface area (Å²) in [5.74, 6) is -0.0235. The van der Waals surface area contributed by atoms with Gasteiger partial charge in [-0.05, 0) is 163 Å². The van der Waals surface area contributed by atoms with Gasteiger partial charge in [-0.2, -0.15) is 12.1 Å². The summed E-state index contributed by atoms with van der Waals surface area (Å²) < 4.78 is 335. The van der Waals surface area contributed by atoms with Crippen LogP contribution in [0.2, 0.25) is 0 Å². The van der Waals surface area contributed by atoms with Crippen molar-refractivity contribution in [2.75, 3.05) is 9.80 Å². The molecule has 2 aliphatic rings. The van der Waals surface area contributed by atoms with Crippen molar-refractivity contribution < 1.29 is 73.8 Å². The maximum Gasteiger partial charge on any atom is 0.135 e. The van der Waals surface area contributed by atoms with Crippen LogP contribution in [-0.4, -0.2) is 9.55 Å². The van der Waals surface area contributed by atoms with Gasteiger partial charge in [-0.15, -0.1) is 48.1 Å². The Hall–Kier alpha value is -7.20. The van der Waals surface area contributed by atoms with Gasteiger partial charge in [0.2, 0.25) is 0 Å². The molecule has 2 aromatic heterocycles. The van der Waals surface area contributed by atoms with Crippen LogP contribution in [0.3, 0.4) is 0 Å². The second-order valence-corrected chi connectivity index (χ2v) is 23.8. The van der Waals surface area contributed by atoms with Gasteiger partial charge < -0.3 is 19.1 Å². The zero-order valence-electron chi connectivity index (χ0n) is 81.9. The zero-order chi connectivity index (χ0) is 87.7. The quantitative estimate of drug-likeness (QED) is 0.128. The van der Waals surface area contributed by atoms with E-state index in [1.54, 1.807) is 86.6 Å². The third-order valence-corrected chi connectivity index (χ3v) is 13.8. The molecule has 6 heteroatoms. The third-order valence-electron chi connectivity index (χ3n) is 13.8.